The number of rotatable bonds is 3. The first kappa shape index (κ1) is 11.3. The number of hydrogen-bond donors (Lipinski definition) is 2. The Morgan fingerprint density at radius 3 is 2.73 bits per heavy atom. The van der Waals surface area contributed by atoms with E-state index in [4.69, 9.17) is 18.9 Å². The topological polar surface area (TPSA) is 69.2 Å². The molecule has 0 aliphatic carbocycles. The Bertz CT molecular complexity index is 215. The molecule has 0 aromatic heterocycles. The van der Waals surface area contributed by atoms with Gasteiger partial charge in [0.15, 0.2) is 6.29 Å². The highest BCUT2D eigenvalue weighted by atomic mass is 16.7. The Hall–Kier alpha value is -0.240. The maximum Gasteiger partial charge on any atom is 0.175 e. The normalized spacial score (nSPS) is 45.4. The second kappa shape index (κ2) is 4.73. The summed E-state index contributed by atoms with van der Waals surface area (Å²) >= 11 is 0. The summed E-state index contributed by atoms with van der Waals surface area (Å²) in [4.78, 5) is 0. The summed E-state index contributed by atoms with van der Waals surface area (Å²) in [6.45, 7) is 0.143. The molecule has 0 bridgehead atoms. The Labute approximate surface area is 88.4 Å². The number of likely N-dealkylation sites (N-methyl/N-ethyl adjacent to an activating group) is 1. The molecule has 2 saturated heterocycles. The summed E-state index contributed by atoms with van der Waals surface area (Å²) in [5.41, 5.74) is 0. The molecule has 2 aliphatic heterocycles. The van der Waals surface area contributed by atoms with Crippen molar-refractivity contribution in [3.8, 4) is 0 Å². The standard InChI is InChI=1S/C9H17NO5/c1-10-6-8-7(13-4-14-8)5(3-11)15-9(6)12-2/h5-11H,3-4H2,1-2H3. The summed E-state index contributed by atoms with van der Waals surface area (Å²) in [6, 6.07) is -0.0784. The highest BCUT2D eigenvalue weighted by molar-refractivity contribution is 4.96. The van der Waals surface area contributed by atoms with Crippen LogP contribution in [0.2, 0.25) is 0 Å². The molecule has 2 rings (SSSR count). The lowest BCUT2D eigenvalue weighted by atomic mass is 9.97. The molecule has 6 nitrogen and oxygen atoms in total. The highest BCUT2D eigenvalue weighted by Gasteiger charge is 2.49. The minimum Gasteiger partial charge on any atom is -0.394 e. The van der Waals surface area contributed by atoms with Gasteiger partial charge in [-0.25, -0.2) is 0 Å². The molecule has 6 heteroatoms. The Kier molecular flexibility index (Phi) is 3.55. The molecule has 0 saturated carbocycles. The van der Waals surface area contributed by atoms with Gasteiger partial charge >= 0.3 is 0 Å². The molecule has 5 atom stereocenters. The number of ether oxygens (including phenoxy) is 4. The minimum absolute atomic E-state index is 0.0784. The van der Waals surface area contributed by atoms with Gasteiger partial charge in [0.1, 0.15) is 25.1 Å². The molecule has 0 amide bonds. The van der Waals surface area contributed by atoms with E-state index in [0.29, 0.717) is 0 Å². The van der Waals surface area contributed by atoms with E-state index in [1.807, 2.05) is 7.05 Å². The number of hydrogen-bond acceptors (Lipinski definition) is 6. The van der Waals surface area contributed by atoms with Gasteiger partial charge in [-0.1, -0.05) is 0 Å². The van der Waals surface area contributed by atoms with E-state index in [2.05, 4.69) is 5.32 Å². The van der Waals surface area contributed by atoms with Crippen LogP contribution in [0.5, 0.6) is 0 Å². The van der Waals surface area contributed by atoms with Crippen molar-refractivity contribution < 1.29 is 24.1 Å². The van der Waals surface area contributed by atoms with E-state index < -0.39 is 6.29 Å². The number of methoxy groups -OCH3 is 1. The molecule has 2 heterocycles. The van der Waals surface area contributed by atoms with Crippen LogP contribution in [0, 0.1) is 0 Å². The predicted molar refractivity (Wildman–Crippen MR) is 50.2 cm³/mol. The van der Waals surface area contributed by atoms with Crippen LogP contribution in [-0.4, -0.2) is 63.3 Å². The van der Waals surface area contributed by atoms with Crippen molar-refractivity contribution in [2.75, 3.05) is 27.6 Å². The molecule has 0 radical (unpaired) electrons. The van der Waals surface area contributed by atoms with Crippen molar-refractivity contribution in [1.82, 2.24) is 5.32 Å². The fraction of sp³-hybridized carbons (Fsp3) is 1.00. The highest BCUT2D eigenvalue weighted by Crippen LogP contribution is 2.29. The molecular weight excluding hydrogens is 202 g/mol. The van der Waals surface area contributed by atoms with Crippen molar-refractivity contribution >= 4 is 0 Å². The first-order chi connectivity index (χ1) is 7.31. The first-order valence-corrected chi connectivity index (χ1v) is 5.01. The third-order valence-electron chi connectivity index (χ3n) is 2.91. The number of fused-ring (bicyclic) bond motifs is 1. The van der Waals surface area contributed by atoms with E-state index >= 15 is 0 Å². The van der Waals surface area contributed by atoms with Gasteiger partial charge in [0.2, 0.25) is 0 Å². The van der Waals surface area contributed by atoms with E-state index in [9.17, 15) is 5.11 Å². The lowest BCUT2D eigenvalue weighted by molar-refractivity contribution is -0.241. The summed E-state index contributed by atoms with van der Waals surface area (Å²) in [6.07, 6.45) is -1.16. The fourth-order valence-electron chi connectivity index (χ4n) is 2.15. The quantitative estimate of drug-likeness (QED) is 0.613. The third-order valence-corrected chi connectivity index (χ3v) is 2.91. The van der Waals surface area contributed by atoms with Gasteiger partial charge in [-0.05, 0) is 7.05 Å². The zero-order valence-corrected chi connectivity index (χ0v) is 8.88. The minimum atomic E-state index is -0.421. The van der Waals surface area contributed by atoms with Crippen molar-refractivity contribution in [1.29, 1.82) is 0 Å². The zero-order chi connectivity index (χ0) is 10.8. The third kappa shape index (κ3) is 1.89. The number of aliphatic hydroxyl groups excluding tert-OH is 1. The number of nitrogens with one attached hydrogen (secondary N) is 1. The molecule has 0 aromatic rings. The Morgan fingerprint density at radius 1 is 1.40 bits per heavy atom. The predicted octanol–water partition coefficient (Wildman–Crippen LogP) is -1.32. The van der Waals surface area contributed by atoms with Gasteiger partial charge in [-0.3, -0.25) is 0 Å². The maximum absolute atomic E-state index is 9.17. The Morgan fingerprint density at radius 2 is 2.13 bits per heavy atom. The molecule has 5 unspecified atom stereocenters. The second-order valence-corrected chi connectivity index (χ2v) is 3.66. The van der Waals surface area contributed by atoms with E-state index in [1.165, 1.54) is 0 Å². The smallest absolute Gasteiger partial charge is 0.175 e. The van der Waals surface area contributed by atoms with Gasteiger partial charge in [-0.15, -0.1) is 0 Å². The van der Waals surface area contributed by atoms with Crippen LogP contribution >= 0.6 is 0 Å². The average Bonchev–Trinajstić information content (AvgIpc) is 2.75. The van der Waals surface area contributed by atoms with Crippen molar-refractivity contribution in [3.63, 3.8) is 0 Å². The largest absolute Gasteiger partial charge is 0.394 e. The SMILES string of the molecule is CNC1C(OC)OC(CO)C2OCOC12. The van der Waals surface area contributed by atoms with Crippen molar-refractivity contribution in [3.05, 3.63) is 0 Å². The fourth-order valence-corrected chi connectivity index (χ4v) is 2.15. The van der Waals surface area contributed by atoms with Crippen LogP contribution in [-0.2, 0) is 18.9 Å². The summed E-state index contributed by atoms with van der Waals surface area (Å²) in [5.74, 6) is 0. The van der Waals surface area contributed by atoms with Gasteiger partial charge in [0.25, 0.3) is 0 Å². The molecule has 2 fully saturated rings. The van der Waals surface area contributed by atoms with Gasteiger partial charge < -0.3 is 29.4 Å². The second-order valence-electron chi connectivity index (χ2n) is 3.66. The zero-order valence-electron chi connectivity index (χ0n) is 8.88. The van der Waals surface area contributed by atoms with Gasteiger partial charge in [0, 0.05) is 7.11 Å². The molecule has 0 spiro atoms. The monoisotopic (exact) mass is 219 g/mol. The Balaban J connectivity index is 2.13. The lowest BCUT2D eigenvalue weighted by Gasteiger charge is -2.40. The van der Waals surface area contributed by atoms with Crippen LogP contribution < -0.4 is 5.32 Å². The lowest BCUT2D eigenvalue weighted by Crippen LogP contribution is -2.62. The average molecular weight is 219 g/mol. The molecule has 88 valence electrons. The summed E-state index contributed by atoms with van der Waals surface area (Å²) in [7, 11) is 3.39. The van der Waals surface area contributed by atoms with Gasteiger partial charge in [-0.2, -0.15) is 0 Å². The summed E-state index contributed by atoms with van der Waals surface area (Å²) in [5, 5.41) is 12.3. The van der Waals surface area contributed by atoms with E-state index in [1.54, 1.807) is 7.11 Å². The number of aliphatic hydroxyl groups is 1. The van der Waals surface area contributed by atoms with Crippen LogP contribution in [0.15, 0.2) is 0 Å². The summed E-state index contributed by atoms with van der Waals surface area (Å²) < 4.78 is 21.6. The van der Waals surface area contributed by atoms with Crippen molar-refractivity contribution in [2.24, 2.45) is 0 Å². The van der Waals surface area contributed by atoms with Crippen molar-refractivity contribution in [2.45, 2.75) is 30.6 Å². The van der Waals surface area contributed by atoms with Crippen LogP contribution in [0.3, 0.4) is 0 Å². The van der Waals surface area contributed by atoms with Gasteiger partial charge in [0.05, 0.1) is 12.6 Å². The molecule has 15 heavy (non-hydrogen) atoms. The van der Waals surface area contributed by atoms with E-state index in [0.717, 1.165) is 0 Å². The van der Waals surface area contributed by atoms with Crippen LogP contribution in [0.4, 0.5) is 0 Å². The molecule has 0 aromatic carbocycles. The first-order valence-electron chi connectivity index (χ1n) is 5.01. The van der Waals surface area contributed by atoms with Crippen LogP contribution in [0.1, 0.15) is 0 Å². The maximum atomic E-state index is 9.17. The molecule has 2 aliphatic rings. The molecular formula is C9H17NO5. The molecule has 2 N–H and O–H groups in total. The van der Waals surface area contributed by atoms with Crippen LogP contribution in [0.25, 0.3) is 0 Å². The van der Waals surface area contributed by atoms with E-state index in [-0.39, 0.29) is 37.8 Å².